The second kappa shape index (κ2) is 13.4. The molecule has 0 bridgehead atoms. The maximum atomic E-state index is 6.18. The molecule has 5 heteroatoms. The van der Waals surface area contributed by atoms with Gasteiger partial charge in [0, 0.05) is 18.8 Å². The molecule has 1 aliphatic carbocycles. The maximum absolute atomic E-state index is 6.18. The molecule has 0 N–H and O–H groups in total. The van der Waals surface area contributed by atoms with Crippen LogP contribution in [0, 0.1) is 0 Å². The molecule has 0 atom stereocenters. The van der Waals surface area contributed by atoms with Crippen LogP contribution in [0.5, 0.6) is 5.75 Å². The monoisotopic (exact) mass is 422 g/mol. The van der Waals surface area contributed by atoms with Crippen molar-refractivity contribution in [1.82, 2.24) is 0 Å². The van der Waals surface area contributed by atoms with Crippen molar-refractivity contribution in [3.05, 3.63) is 29.8 Å². The van der Waals surface area contributed by atoms with E-state index in [1.807, 2.05) is 0 Å². The van der Waals surface area contributed by atoms with E-state index in [2.05, 4.69) is 58.9 Å². The van der Waals surface area contributed by atoms with Gasteiger partial charge in [0.15, 0.2) is 0 Å². The molecule has 0 aliphatic heterocycles. The Morgan fingerprint density at radius 1 is 0.897 bits per heavy atom. The summed E-state index contributed by atoms with van der Waals surface area (Å²) in [5.41, 5.74) is 1.44. The summed E-state index contributed by atoms with van der Waals surface area (Å²) in [6, 6.07) is 9.74. The topological polar surface area (TPSA) is 36.9 Å². The van der Waals surface area contributed by atoms with Crippen molar-refractivity contribution in [2.24, 2.45) is 0 Å². The zero-order valence-electron chi connectivity index (χ0n) is 19.2. The largest absolute Gasteiger partial charge is 0.494 e. The zero-order chi connectivity index (χ0) is 21.1. The van der Waals surface area contributed by atoms with Gasteiger partial charge in [0.1, 0.15) is 5.75 Å². The first-order chi connectivity index (χ1) is 14.0. The summed E-state index contributed by atoms with van der Waals surface area (Å²) in [5.74, 6) is 1.64. The van der Waals surface area contributed by atoms with Crippen LogP contribution in [0.15, 0.2) is 24.3 Å². The van der Waals surface area contributed by atoms with Crippen LogP contribution < -0.4 is 4.74 Å². The molecule has 0 radical (unpaired) electrons. The van der Waals surface area contributed by atoms with Gasteiger partial charge < -0.3 is 18.3 Å². The minimum absolute atomic E-state index is 0.244. The molecule has 1 aromatic carbocycles. The average Bonchev–Trinajstić information content (AvgIpc) is 2.69. The van der Waals surface area contributed by atoms with E-state index in [1.165, 1.54) is 18.4 Å². The molecule has 0 aromatic heterocycles. The summed E-state index contributed by atoms with van der Waals surface area (Å²) in [6.45, 7) is 12.1. The van der Waals surface area contributed by atoms with Crippen molar-refractivity contribution >= 4 is 9.28 Å². The SMILES string of the molecule is CCCOc1ccc([C@H]2CC[C@H](OCCC[SiH](OC(C)C)OC(C)C)CC2)cc1. The summed E-state index contributed by atoms with van der Waals surface area (Å²) in [5, 5.41) is 0. The zero-order valence-corrected chi connectivity index (χ0v) is 20.3. The highest BCUT2D eigenvalue weighted by Gasteiger charge is 2.23. The first-order valence-corrected chi connectivity index (χ1v) is 13.4. The lowest BCUT2D eigenvalue weighted by Gasteiger charge is -2.29. The van der Waals surface area contributed by atoms with E-state index in [9.17, 15) is 0 Å². The molecule has 0 amide bonds. The Kier molecular flexibility index (Phi) is 11.3. The molecule has 1 aromatic rings. The first-order valence-electron chi connectivity index (χ1n) is 11.6. The minimum Gasteiger partial charge on any atom is -0.494 e. The van der Waals surface area contributed by atoms with Gasteiger partial charge in [0.25, 0.3) is 0 Å². The van der Waals surface area contributed by atoms with Crippen LogP contribution in [0.2, 0.25) is 6.04 Å². The third kappa shape index (κ3) is 9.64. The van der Waals surface area contributed by atoms with E-state index < -0.39 is 9.28 Å². The lowest BCUT2D eigenvalue weighted by Crippen LogP contribution is -2.30. The minimum atomic E-state index is -1.58. The van der Waals surface area contributed by atoms with Gasteiger partial charge >= 0.3 is 9.28 Å². The van der Waals surface area contributed by atoms with Crippen LogP contribution in [-0.2, 0) is 13.6 Å². The quantitative estimate of drug-likeness (QED) is 0.289. The normalized spacial score (nSPS) is 20.0. The predicted octanol–water partition coefficient (Wildman–Crippen LogP) is 5.98. The Hall–Kier alpha value is -0.883. The molecule has 0 saturated heterocycles. The lowest BCUT2D eigenvalue weighted by molar-refractivity contribution is 0.0237. The number of hydrogen-bond donors (Lipinski definition) is 0. The predicted molar refractivity (Wildman–Crippen MR) is 122 cm³/mol. The van der Waals surface area contributed by atoms with E-state index >= 15 is 0 Å². The standard InChI is InChI=1S/C24H42O4Si/c1-6-16-25-23-12-8-21(9-13-23)22-10-14-24(15-11-22)26-17-7-18-29(27-19(2)3)28-20(4)5/h8-9,12-13,19-20,22,24,29H,6-7,10-11,14-18H2,1-5H3/t22-,24-. The Bertz CT molecular complexity index is 528. The van der Waals surface area contributed by atoms with Gasteiger partial charge in [0.05, 0.1) is 12.7 Å². The van der Waals surface area contributed by atoms with Crippen molar-refractivity contribution < 1.29 is 18.3 Å². The molecule has 0 unspecified atom stereocenters. The Morgan fingerprint density at radius 2 is 1.52 bits per heavy atom. The van der Waals surface area contributed by atoms with Gasteiger partial charge in [-0.2, -0.15) is 0 Å². The van der Waals surface area contributed by atoms with Gasteiger partial charge in [0.2, 0.25) is 0 Å². The van der Waals surface area contributed by atoms with Crippen molar-refractivity contribution in [2.75, 3.05) is 13.2 Å². The summed E-state index contributed by atoms with van der Waals surface area (Å²) < 4.78 is 23.9. The van der Waals surface area contributed by atoms with Crippen molar-refractivity contribution in [3.8, 4) is 5.75 Å². The van der Waals surface area contributed by atoms with Crippen LogP contribution in [0.4, 0.5) is 0 Å². The Labute approximate surface area is 180 Å². The second-order valence-electron chi connectivity index (χ2n) is 8.70. The third-order valence-electron chi connectivity index (χ3n) is 5.28. The number of ether oxygens (including phenoxy) is 2. The fourth-order valence-corrected chi connectivity index (χ4v) is 5.94. The highest BCUT2D eigenvalue weighted by Crippen LogP contribution is 2.34. The van der Waals surface area contributed by atoms with E-state index in [1.54, 1.807) is 0 Å². The molecule has 166 valence electrons. The summed E-state index contributed by atoms with van der Waals surface area (Å²) in [4.78, 5) is 0. The summed E-state index contributed by atoms with van der Waals surface area (Å²) in [6.07, 6.45) is 7.72. The molecule has 0 heterocycles. The molecule has 1 aliphatic rings. The first kappa shape index (κ1) is 24.4. The van der Waals surface area contributed by atoms with E-state index in [-0.39, 0.29) is 12.2 Å². The van der Waals surface area contributed by atoms with Crippen LogP contribution in [0.25, 0.3) is 0 Å². The van der Waals surface area contributed by atoms with Crippen LogP contribution in [0.3, 0.4) is 0 Å². The fraction of sp³-hybridized carbons (Fsp3) is 0.750. The third-order valence-corrected chi connectivity index (χ3v) is 7.86. The maximum Gasteiger partial charge on any atom is 0.321 e. The van der Waals surface area contributed by atoms with Gasteiger partial charge in [-0.1, -0.05) is 19.1 Å². The van der Waals surface area contributed by atoms with Gasteiger partial charge in [-0.25, -0.2) is 0 Å². The van der Waals surface area contributed by atoms with E-state index in [0.717, 1.165) is 50.7 Å². The summed E-state index contributed by atoms with van der Waals surface area (Å²) in [7, 11) is -1.58. The molecule has 1 saturated carbocycles. The number of hydrogen-bond acceptors (Lipinski definition) is 4. The smallest absolute Gasteiger partial charge is 0.321 e. The van der Waals surface area contributed by atoms with Crippen molar-refractivity contribution in [3.63, 3.8) is 0 Å². The highest BCUT2D eigenvalue weighted by molar-refractivity contribution is 6.44. The van der Waals surface area contributed by atoms with Crippen molar-refractivity contribution in [1.29, 1.82) is 0 Å². The molecule has 0 spiro atoms. The second-order valence-corrected chi connectivity index (χ2v) is 10.7. The van der Waals surface area contributed by atoms with Gasteiger partial charge in [-0.05, 0) is 95.9 Å². The number of rotatable bonds is 13. The Balaban J connectivity index is 1.65. The van der Waals surface area contributed by atoms with E-state index in [4.69, 9.17) is 18.3 Å². The number of benzene rings is 1. The molecule has 4 nitrogen and oxygen atoms in total. The van der Waals surface area contributed by atoms with Crippen molar-refractivity contribution in [2.45, 2.75) is 103 Å². The molecular formula is C24H42O4Si. The van der Waals surface area contributed by atoms with Crippen LogP contribution in [0.1, 0.15) is 84.6 Å². The van der Waals surface area contributed by atoms with Crippen LogP contribution in [-0.4, -0.2) is 40.8 Å². The van der Waals surface area contributed by atoms with Gasteiger partial charge in [-0.15, -0.1) is 0 Å². The Morgan fingerprint density at radius 3 is 2.07 bits per heavy atom. The summed E-state index contributed by atoms with van der Waals surface area (Å²) >= 11 is 0. The molecule has 1 fully saturated rings. The molecule has 2 rings (SSSR count). The van der Waals surface area contributed by atoms with Crippen LogP contribution >= 0.6 is 0 Å². The lowest BCUT2D eigenvalue weighted by atomic mass is 9.83. The molecule has 29 heavy (non-hydrogen) atoms. The fourth-order valence-electron chi connectivity index (χ4n) is 3.89. The van der Waals surface area contributed by atoms with E-state index in [0.29, 0.717) is 12.0 Å². The molecular weight excluding hydrogens is 380 g/mol. The highest BCUT2D eigenvalue weighted by atomic mass is 28.3. The average molecular weight is 423 g/mol. The van der Waals surface area contributed by atoms with Gasteiger partial charge in [-0.3, -0.25) is 0 Å².